The summed E-state index contributed by atoms with van der Waals surface area (Å²) in [5.41, 5.74) is 2.07. The van der Waals surface area contributed by atoms with Gasteiger partial charge in [-0.25, -0.2) is 4.98 Å². The van der Waals surface area contributed by atoms with Crippen LogP contribution in [0.15, 0.2) is 53.9 Å². The monoisotopic (exact) mass is 425 g/mol. The molecule has 0 saturated carbocycles. The molecule has 1 N–H and O–H groups in total. The predicted molar refractivity (Wildman–Crippen MR) is 116 cm³/mol. The van der Waals surface area contributed by atoms with Crippen molar-refractivity contribution in [3.8, 4) is 11.5 Å². The topological polar surface area (TPSA) is 80.8 Å². The molecule has 0 radical (unpaired) electrons. The number of thiazole rings is 1. The van der Waals surface area contributed by atoms with E-state index >= 15 is 0 Å². The second kappa shape index (κ2) is 9.89. The van der Waals surface area contributed by atoms with Crippen molar-refractivity contribution in [2.75, 3.05) is 26.6 Å². The van der Waals surface area contributed by atoms with E-state index in [1.807, 2.05) is 30.3 Å². The number of carbonyl (C=O) groups excluding carboxylic acids is 2. The van der Waals surface area contributed by atoms with Crippen molar-refractivity contribution in [1.29, 1.82) is 0 Å². The van der Waals surface area contributed by atoms with Crippen molar-refractivity contribution in [3.05, 3.63) is 70.7 Å². The van der Waals surface area contributed by atoms with Crippen molar-refractivity contribution < 1.29 is 19.1 Å². The molecule has 2 amide bonds. The third kappa shape index (κ3) is 5.57. The zero-order valence-electron chi connectivity index (χ0n) is 17.0. The molecular formula is C22H23N3O4S. The minimum absolute atomic E-state index is 0.0421. The van der Waals surface area contributed by atoms with Gasteiger partial charge in [0.1, 0.15) is 11.5 Å². The van der Waals surface area contributed by atoms with Crippen LogP contribution in [0.25, 0.3) is 0 Å². The van der Waals surface area contributed by atoms with Crippen LogP contribution in [0, 0.1) is 0 Å². The molecule has 0 spiro atoms. The SMILES string of the molecule is COc1cc(OC)cc(C(=O)Nc2nc(CC(=O)N(C)Cc3ccccc3)cs2)c1. The summed E-state index contributed by atoms with van der Waals surface area (Å²) in [6.07, 6.45) is 0.169. The number of ether oxygens (including phenoxy) is 2. The van der Waals surface area contributed by atoms with E-state index in [0.717, 1.165) is 5.56 Å². The standard InChI is InChI=1S/C22H23N3O4S/c1-25(13-15-7-5-4-6-8-15)20(26)11-17-14-30-22(23-17)24-21(27)16-9-18(28-2)12-19(10-16)29-3/h4-10,12,14H,11,13H2,1-3H3,(H,23,24,27). The van der Waals surface area contributed by atoms with Crippen LogP contribution in [0.4, 0.5) is 5.13 Å². The highest BCUT2D eigenvalue weighted by atomic mass is 32.1. The molecule has 3 rings (SSSR count). The van der Waals surface area contributed by atoms with Gasteiger partial charge in [0.25, 0.3) is 5.91 Å². The van der Waals surface area contributed by atoms with Gasteiger partial charge in [0.15, 0.2) is 5.13 Å². The van der Waals surface area contributed by atoms with Crippen LogP contribution in [0.1, 0.15) is 21.6 Å². The molecule has 0 unspecified atom stereocenters. The second-order valence-electron chi connectivity index (χ2n) is 6.61. The minimum Gasteiger partial charge on any atom is -0.497 e. The highest BCUT2D eigenvalue weighted by molar-refractivity contribution is 7.14. The molecule has 0 aliphatic rings. The van der Waals surface area contributed by atoms with Crippen LogP contribution in [-0.2, 0) is 17.8 Å². The zero-order valence-corrected chi connectivity index (χ0v) is 17.9. The maximum absolute atomic E-state index is 12.6. The summed E-state index contributed by atoms with van der Waals surface area (Å²) in [4.78, 5) is 31.1. The lowest BCUT2D eigenvalue weighted by Gasteiger charge is -2.16. The van der Waals surface area contributed by atoms with Gasteiger partial charge in [-0.1, -0.05) is 30.3 Å². The summed E-state index contributed by atoms with van der Waals surface area (Å²) >= 11 is 1.27. The van der Waals surface area contributed by atoms with Gasteiger partial charge in [-0.15, -0.1) is 11.3 Å². The fourth-order valence-corrected chi connectivity index (χ4v) is 3.49. The lowest BCUT2D eigenvalue weighted by atomic mass is 10.2. The molecule has 1 aromatic heterocycles. The Morgan fingerprint density at radius 3 is 2.37 bits per heavy atom. The summed E-state index contributed by atoms with van der Waals surface area (Å²) in [7, 11) is 4.81. The zero-order chi connectivity index (χ0) is 21.5. The van der Waals surface area contributed by atoms with Crippen molar-refractivity contribution in [3.63, 3.8) is 0 Å². The molecule has 0 bridgehead atoms. The quantitative estimate of drug-likeness (QED) is 0.596. The number of rotatable bonds is 8. The molecule has 0 aliphatic heterocycles. The average Bonchev–Trinajstić information content (AvgIpc) is 3.20. The Kier molecular flexibility index (Phi) is 7.03. The summed E-state index contributed by atoms with van der Waals surface area (Å²) in [5.74, 6) is 0.665. The van der Waals surface area contributed by atoms with Gasteiger partial charge in [-0.3, -0.25) is 14.9 Å². The number of anilines is 1. The highest BCUT2D eigenvalue weighted by Crippen LogP contribution is 2.24. The first-order valence-corrected chi connectivity index (χ1v) is 10.1. The molecule has 0 saturated heterocycles. The van der Waals surface area contributed by atoms with Crippen molar-refractivity contribution in [1.82, 2.24) is 9.88 Å². The van der Waals surface area contributed by atoms with Gasteiger partial charge < -0.3 is 14.4 Å². The molecule has 3 aromatic rings. The number of nitrogens with zero attached hydrogens (tertiary/aromatic N) is 2. The Bertz CT molecular complexity index is 998. The number of aromatic nitrogens is 1. The fraction of sp³-hybridized carbons (Fsp3) is 0.227. The first kappa shape index (κ1) is 21.3. The Morgan fingerprint density at radius 2 is 1.73 bits per heavy atom. The van der Waals surface area contributed by atoms with Crippen LogP contribution >= 0.6 is 11.3 Å². The third-order valence-corrected chi connectivity index (χ3v) is 5.21. The summed E-state index contributed by atoms with van der Waals surface area (Å²) in [5, 5.41) is 4.96. The minimum atomic E-state index is -0.333. The molecule has 30 heavy (non-hydrogen) atoms. The molecule has 0 aliphatic carbocycles. The number of hydrogen-bond donors (Lipinski definition) is 1. The molecule has 8 heteroatoms. The van der Waals surface area contributed by atoms with Gasteiger partial charge in [0, 0.05) is 30.6 Å². The molecule has 1 heterocycles. The Hall–Kier alpha value is -3.39. The number of carbonyl (C=O) groups is 2. The lowest BCUT2D eigenvalue weighted by molar-refractivity contribution is -0.129. The van der Waals surface area contributed by atoms with Gasteiger partial charge in [-0.05, 0) is 17.7 Å². The fourth-order valence-electron chi connectivity index (χ4n) is 2.79. The molecule has 0 fully saturated rings. The van der Waals surface area contributed by atoms with Gasteiger partial charge in [0.05, 0.1) is 26.3 Å². The van der Waals surface area contributed by atoms with E-state index in [4.69, 9.17) is 9.47 Å². The number of methoxy groups -OCH3 is 2. The highest BCUT2D eigenvalue weighted by Gasteiger charge is 2.15. The molecule has 0 atom stereocenters. The molecule has 7 nitrogen and oxygen atoms in total. The van der Waals surface area contributed by atoms with Crippen LogP contribution in [0.2, 0.25) is 0 Å². The number of hydrogen-bond acceptors (Lipinski definition) is 6. The summed E-state index contributed by atoms with van der Waals surface area (Å²) < 4.78 is 10.4. The number of benzene rings is 2. The van der Waals surface area contributed by atoms with E-state index in [9.17, 15) is 9.59 Å². The van der Waals surface area contributed by atoms with Crippen LogP contribution < -0.4 is 14.8 Å². The van der Waals surface area contributed by atoms with E-state index in [1.165, 1.54) is 25.6 Å². The van der Waals surface area contributed by atoms with Crippen molar-refractivity contribution in [2.45, 2.75) is 13.0 Å². The number of amides is 2. The lowest BCUT2D eigenvalue weighted by Crippen LogP contribution is -2.27. The van der Waals surface area contributed by atoms with E-state index in [1.54, 1.807) is 35.5 Å². The normalized spacial score (nSPS) is 10.4. The molecule has 2 aromatic carbocycles. The van der Waals surface area contributed by atoms with Crippen LogP contribution in [0.5, 0.6) is 11.5 Å². The number of likely N-dealkylation sites (N-methyl/N-ethyl adjacent to an activating group) is 1. The average molecular weight is 426 g/mol. The second-order valence-corrected chi connectivity index (χ2v) is 7.47. The Labute approximate surface area is 179 Å². The maximum Gasteiger partial charge on any atom is 0.257 e. The first-order chi connectivity index (χ1) is 14.5. The number of nitrogens with one attached hydrogen (secondary N) is 1. The Balaban J connectivity index is 1.61. The third-order valence-electron chi connectivity index (χ3n) is 4.41. The predicted octanol–water partition coefficient (Wildman–Crippen LogP) is 3.61. The van der Waals surface area contributed by atoms with E-state index in [-0.39, 0.29) is 18.2 Å². The largest absolute Gasteiger partial charge is 0.497 e. The van der Waals surface area contributed by atoms with Crippen LogP contribution in [0.3, 0.4) is 0 Å². The summed E-state index contributed by atoms with van der Waals surface area (Å²) in [6, 6.07) is 14.7. The van der Waals surface area contributed by atoms with Crippen LogP contribution in [-0.4, -0.2) is 43.0 Å². The van der Waals surface area contributed by atoms with Gasteiger partial charge >= 0.3 is 0 Å². The maximum atomic E-state index is 12.6. The van der Waals surface area contributed by atoms with E-state index in [2.05, 4.69) is 10.3 Å². The smallest absolute Gasteiger partial charge is 0.257 e. The molecule has 156 valence electrons. The van der Waals surface area contributed by atoms with Crippen molar-refractivity contribution in [2.24, 2.45) is 0 Å². The van der Waals surface area contributed by atoms with E-state index < -0.39 is 0 Å². The Morgan fingerprint density at radius 1 is 1.07 bits per heavy atom. The summed E-state index contributed by atoms with van der Waals surface area (Å²) in [6.45, 7) is 0.533. The van der Waals surface area contributed by atoms with Crippen molar-refractivity contribution >= 4 is 28.3 Å². The first-order valence-electron chi connectivity index (χ1n) is 9.25. The molecular weight excluding hydrogens is 402 g/mol. The van der Waals surface area contributed by atoms with Gasteiger partial charge in [-0.2, -0.15) is 0 Å². The van der Waals surface area contributed by atoms with Gasteiger partial charge in [0.2, 0.25) is 5.91 Å². The van der Waals surface area contributed by atoms with E-state index in [0.29, 0.717) is 34.4 Å².